The molecule has 1 unspecified atom stereocenters. The normalized spacial score (nSPS) is 12.0. The van der Waals surface area contributed by atoms with Crippen LogP contribution in [0.3, 0.4) is 0 Å². The minimum atomic E-state index is -0.00116. The number of hydrogen-bond donors (Lipinski definition) is 1. The predicted octanol–water partition coefficient (Wildman–Crippen LogP) is 2.28. The highest BCUT2D eigenvalue weighted by Gasteiger charge is 2.19. The highest BCUT2D eigenvalue weighted by Crippen LogP contribution is 2.34. The third kappa shape index (κ3) is 4.09. The molecule has 2 aromatic rings. The fourth-order valence-corrected chi connectivity index (χ4v) is 2.86. The van der Waals surface area contributed by atoms with Crippen LogP contribution in [-0.2, 0) is 0 Å². The van der Waals surface area contributed by atoms with Crippen molar-refractivity contribution in [2.45, 2.75) is 5.25 Å². The topological polar surface area (TPSA) is 70.3 Å². The summed E-state index contributed by atoms with van der Waals surface area (Å²) in [6, 6.07) is 11.8. The van der Waals surface area contributed by atoms with Gasteiger partial charge in [-0.2, -0.15) is 9.97 Å². The molecule has 0 spiro atoms. The van der Waals surface area contributed by atoms with Crippen molar-refractivity contribution < 1.29 is 9.47 Å². The van der Waals surface area contributed by atoms with Crippen molar-refractivity contribution in [2.75, 3.05) is 26.5 Å². The van der Waals surface area contributed by atoms with E-state index in [-0.39, 0.29) is 5.25 Å². The number of benzene rings is 1. The largest absolute Gasteiger partial charge is 0.481 e. The van der Waals surface area contributed by atoms with Crippen LogP contribution in [0, 0.1) is 0 Å². The van der Waals surface area contributed by atoms with Gasteiger partial charge in [0.2, 0.25) is 11.8 Å². The second-order valence-corrected chi connectivity index (χ2v) is 5.47. The van der Waals surface area contributed by atoms with Gasteiger partial charge in [-0.3, -0.25) is 0 Å². The first-order chi connectivity index (χ1) is 10.3. The summed E-state index contributed by atoms with van der Waals surface area (Å²) < 4.78 is 10.4. The van der Waals surface area contributed by atoms with Crippen LogP contribution in [0.2, 0.25) is 0 Å². The van der Waals surface area contributed by atoms with E-state index in [1.165, 1.54) is 0 Å². The summed E-state index contributed by atoms with van der Waals surface area (Å²) in [5.74, 6) is 2.47. The Bertz CT molecular complexity index is 544. The van der Waals surface area contributed by atoms with E-state index in [4.69, 9.17) is 15.2 Å². The maximum absolute atomic E-state index is 5.63. The lowest BCUT2D eigenvalue weighted by Crippen LogP contribution is -2.09. The van der Waals surface area contributed by atoms with Crippen molar-refractivity contribution in [2.24, 2.45) is 5.73 Å². The lowest BCUT2D eigenvalue weighted by molar-refractivity contribution is 0.368. The van der Waals surface area contributed by atoms with Crippen LogP contribution in [0.25, 0.3) is 0 Å². The SMILES string of the molecule is COc1cc(OC)nc(C(SCCN)c2ccccc2)n1. The van der Waals surface area contributed by atoms with E-state index in [2.05, 4.69) is 22.1 Å². The van der Waals surface area contributed by atoms with Crippen LogP contribution in [0.5, 0.6) is 11.8 Å². The van der Waals surface area contributed by atoms with Crippen LogP contribution in [0.15, 0.2) is 36.4 Å². The number of hydrogen-bond acceptors (Lipinski definition) is 6. The number of ether oxygens (including phenoxy) is 2. The Labute approximate surface area is 128 Å². The van der Waals surface area contributed by atoms with Gasteiger partial charge in [0, 0.05) is 12.3 Å². The lowest BCUT2D eigenvalue weighted by atomic mass is 10.1. The van der Waals surface area contributed by atoms with Crippen LogP contribution in [0.1, 0.15) is 16.6 Å². The Balaban J connectivity index is 2.40. The average molecular weight is 305 g/mol. The van der Waals surface area contributed by atoms with Gasteiger partial charge >= 0.3 is 0 Å². The number of nitrogens with two attached hydrogens (primary N) is 1. The quantitative estimate of drug-likeness (QED) is 0.846. The zero-order valence-electron chi connectivity index (χ0n) is 12.2. The second kappa shape index (κ2) is 7.85. The van der Waals surface area contributed by atoms with Crippen molar-refractivity contribution in [1.82, 2.24) is 9.97 Å². The van der Waals surface area contributed by atoms with E-state index in [0.29, 0.717) is 24.1 Å². The molecule has 6 heteroatoms. The third-order valence-corrected chi connectivity index (χ3v) is 4.14. The third-order valence-electron chi connectivity index (χ3n) is 2.85. The van der Waals surface area contributed by atoms with E-state index in [1.54, 1.807) is 32.0 Å². The molecule has 0 aliphatic rings. The summed E-state index contributed by atoms with van der Waals surface area (Å²) in [6.45, 7) is 0.606. The van der Waals surface area contributed by atoms with Crippen molar-refractivity contribution >= 4 is 11.8 Å². The van der Waals surface area contributed by atoms with Gasteiger partial charge < -0.3 is 15.2 Å². The minimum absolute atomic E-state index is 0.00116. The highest BCUT2D eigenvalue weighted by molar-refractivity contribution is 7.99. The zero-order valence-corrected chi connectivity index (χ0v) is 13.0. The van der Waals surface area contributed by atoms with Crippen LogP contribution in [0.4, 0.5) is 0 Å². The highest BCUT2D eigenvalue weighted by atomic mass is 32.2. The molecule has 112 valence electrons. The number of aromatic nitrogens is 2. The van der Waals surface area contributed by atoms with Gasteiger partial charge in [0.05, 0.1) is 25.5 Å². The molecular weight excluding hydrogens is 286 g/mol. The second-order valence-electron chi connectivity index (χ2n) is 4.26. The first-order valence-corrected chi connectivity index (χ1v) is 7.67. The maximum Gasteiger partial charge on any atom is 0.220 e. The van der Waals surface area contributed by atoms with Crippen LogP contribution < -0.4 is 15.2 Å². The monoisotopic (exact) mass is 305 g/mol. The van der Waals surface area contributed by atoms with E-state index in [9.17, 15) is 0 Å². The van der Waals surface area contributed by atoms with Gasteiger partial charge in [-0.15, -0.1) is 11.8 Å². The first-order valence-electron chi connectivity index (χ1n) is 6.62. The van der Waals surface area contributed by atoms with Gasteiger partial charge in [0.15, 0.2) is 5.82 Å². The van der Waals surface area contributed by atoms with Gasteiger partial charge in [0.1, 0.15) is 0 Å². The van der Waals surface area contributed by atoms with Gasteiger partial charge in [-0.05, 0) is 5.56 Å². The van der Waals surface area contributed by atoms with Crippen molar-refractivity contribution in [3.05, 3.63) is 47.8 Å². The predicted molar refractivity (Wildman–Crippen MR) is 84.9 cm³/mol. The van der Waals surface area contributed by atoms with Gasteiger partial charge in [-0.1, -0.05) is 30.3 Å². The molecule has 0 saturated carbocycles. The Kier molecular flexibility index (Phi) is 5.83. The molecule has 5 nitrogen and oxygen atoms in total. The summed E-state index contributed by atoms with van der Waals surface area (Å²) >= 11 is 1.71. The number of rotatable bonds is 7. The molecule has 0 fully saturated rings. The molecular formula is C15H19N3O2S. The molecule has 0 aliphatic carbocycles. The Morgan fingerprint density at radius 3 is 2.24 bits per heavy atom. The molecule has 0 aliphatic heterocycles. The van der Waals surface area contributed by atoms with Crippen molar-refractivity contribution in [3.63, 3.8) is 0 Å². The van der Waals surface area contributed by atoms with Crippen LogP contribution in [-0.4, -0.2) is 36.5 Å². The fourth-order valence-electron chi connectivity index (χ4n) is 1.88. The lowest BCUT2D eigenvalue weighted by Gasteiger charge is -2.16. The molecule has 2 rings (SSSR count). The van der Waals surface area contributed by atoms with Crippen molar-refractivity contribution in [3.8, 4) is 11.8 Å². The summed E-state index contributed by atoms with van der Waals surface area (Å²) in [5.41, 5.74) is 6.76. The van der Waals surface area contributed by atoms with E-state index < -0.39 is 0 Å². The number of nitrogens with zero attached hydrogens (tertiary/aromatic N) is 2. The smallest absolute Gasteiger partial charge is 0.220 e. The Morgan fingerprint density at radius 1 is 1.10 bits per heavy atom. The molecule has 0 saturated heterocycles. The molecule has 21 heavy (non-hydrogen) atoms. The Hall–Kier alpha value is -1.79. The minimum Gasteiger partial charge on any atom is -0.481 e. The molecule has 1 heterocycles. The molecule has 0 amide bonds. The number of methoxy groups -OCH3 is 2. The average Bonchev–Trinajstić information content (AvgIpc) is 2.55. The molecule has 0 bridgehead atoms. The van der Waals surface area contributed by atoms with Crippen LogP contribution >= 0.6 is 11.8 Å². The summed E-state index contributed by atoms with van der Waals surface area (Å²) in [7, 11) is 3.16. The Morgan fingerprint density at radius 2 is 1.71 bits per heavy atom. The molecule has 1 aromatic heterocycles. The number of thioether (sulfide) groups is 1. The molecule has 1 atom stereocenters. The van der Waals surface area contributed by atoms with Crippen molar-refractivity contribution in [1.29, 1.82) is 0 Å². The summed E-state index contributed by atoms with van der Waals surface area (Å²) in [6.07, 6.45) is 0. The first kappa shape index (κ1) is 15.6. The zero-order chi connectivity index (χ0) is 15.1. The van der Waals surface area contributed by atoms with Gasteiger partial charge in [0.25, 0.3) is 0 Å². The maximum atomic E-state index is 5.63. The standard InChI is InChI=1S/C15H19N3O2S/c1-19-12-10-13(20-2)18-15(17-12)14(21-9-8-16)11-6-4-3-5-7-11/h3-7,10,14H,8-9,16H2,1-2H3. The van der Waals surface area contributed by atoms with E-state index in [1.807, 2.05) is 18.2 Å². The van der Waals surface area contributed by atoms with Gasteiger partial charge in [-0.25, -0.2) is 0 Å². The molecule has 1 aromatic carbocycles. The summed E-state index contributed by atoms with van der Waals surface area (Å²) in [5, 5.41) is -0.00116. The summed E-state index contributed by atoms with van der Waals surface area (Å²) in [4.78, 5) is 8.91. The van der Waals surface area contributed by atoms with E-state index >= 15 is 0 Å². The fraction of sp³-hybridized carbons (Fsp3) is 0.333. The molecule has 2 N–H and O–H groups in total. The van der Waals surface area contributed by atoms with E-state index in [0.717, 1.165) is 11.3 Å². The molecule has 0 radical (unpaired) electrons.